The second-order valence-electron chi connectivity index (χ2n) is 5.17. The van der Waals surface area contributed by atoms with Crippen LogP contribution in [0.5, 0.6) is 0 Å². The maximum atomic E-state index is 5.95. The molecule has 94 valence electrons. The van der Waals surface area contributed by atoms with Gasteiger partial charge in [0.25, 0.3) is 0 Å². The molecule has 1 heterocycles. The fourth-order valence-electron chi connectivity index (χ4n) is 2.24. The van der Waals surface area contributed by atoms with Gasteiger partial charge in [-0.15, -0.1) is 6.58 Å². The van der Waals surface area contributed by atoms with Crippen LogP contribution in [-0.4, -0.2) is 18.5 Å². The highest BCUT2D eigenvalue weighted by molar-refractivity contribution is 4.88. The average Bonchev–Trinajstić information content (AvgIpc) is 2.51. The third-order valence-corrected chi connectivity index (χ3v) is 3.42. The van der Waals surface area contributed by atoms with E-state index in [0.29, 0.717) is 5.92 Å². The Morgan fingerprint density at radius 2 is 2.25 bits per heavy atom. The zero-order valence-electron chi connectivity index (χ0n) is 11.0. The maximum Gasteiger partial charge on any atom is 0.158 e. The summed E-state index contributed by atoms with van der Waals surface area (Å²) in [5, 5.41) is 0. The monoisotopic (exact) mass is 226 g/mol. The van der Waals surface area contributed by atoms with Gasteiger partial charge < -0.3 is 9.47 Å². The van der Waals surface area contributed by atoms with Crippen molar-refractivity contribution in [1.29, 1.82) is 0 Å². The normalized spacial score (nSPS) is 28.2. The molecule has 0 amide bonds. The minimum atomic E-state index is -0.0418. The van der Waals surface area contributed by atoms with Crippen LogP contribution < -0.4 is 0 Å². The first-order valence-electron chi connectivity index (χ1n) is 6.50. The van der Waals surface area contributed by atoms with Crippen molar-refractivity contribution in [3.05, 3.63) is 12.7 Å². The molecule has 2 heteroatoms. The van der Waals surface area contributed by atoms with E-state index in [1.54, 1.807) is 0 Å². The van der Waals surface area contributed by atoms with E-state index in [0.717, 1.165) is 32.3 Å². The average molecular weight is 226 g/mol. The van der Waals surface area contributed by atoms with Gasteiger partial charge in [-0.05, 0) is 39.0 Å². The van der Waals surface area contributed by atoms with Crippen molar-refractivity contribution in [3.63, 3.8) is 0 Å². The van der Waals surface area contributed by atoms with Crippen LogP contribution in [0.2, 0.25) is 0 Å². The molecule has 0 radical (unpaired) electrons. The summed E-state index contributed by atoms with van der Waals surface area (Å²) >= 11 is 0. The van der Waals surface area contributed by atoms with Crippen LogP contribution in [-0.2, 0) is 9.47 Å². The Kier molecular flexibility index (Phi) is 5.50. The predicted octanol–water partition coefficient (Wildman–Crippen LogP) is 3.91. The fraction of sp³-hybridized carbons (Fsp3) is 0.857. The third-order valence-electron chi connectivity index (χ3n) is 3.42. The van der Waals surface area contributed by atoms with Gasteiger partial charge in [0.2, 0.25) is 0 Å². The summed E-state index contributed by atoms with van der Waals surface area (Å²) in [6.45, 7) is 11.1. The van der Waals surface area contributed by atoms with Crippen LogP contribution >= 0.6 is 0 Å². The molecule has 0 aromatic rings. The summed E-state index contributed by atoms with van der Waals surface area (Å²) in [7, 11) is 0. The van der Waals surface area contributed by atoms with Gasteiger partial charge in [-0.3, -0.25) is 0 Å². The van der Waals surface area contributed by atoms with Crippen molar-refractivity contribution in [2.45, 2.75) is 64.8 Å². The molecule has 2 unspecified atom stereocenters. The van der Waals surface area contributed by atoms with Gasteiger partial charge in [0.1, 0.15) is 0 Å². The molecule has 1 rings (SSSR count). The van der Waals surface area contributed by atoms with Crippen molar-refractivity contribution < 1.29 is 9.47 Å². The highest BCUT2D eigenvalue weighted by Crippen LogP contribution is 2.39. The van der Waals surface area contributed by atoms with Crippen LogP contribution in [0.3, 0.4) is 0 Å². The van der Waals surface area contributed by atoms with E-state index < -0.39 is 0 Å². The second kappa shape index (κ2) is 6.41. The number of hydrogen-bond donors (Lipinski definition) is 0. The van der Waals surface area contributed by atoms with Crippen LogP contribution in [0.15, 0.2) is 12.7 Å². The van der Waals surface area contributed by atoms with E-state index in [2.05, 4.69) is 27.4 Å². The molecular weight excluding hydrogens is 200 g/mol. The van der Waals surface area contributed by atoms with Crippen LogP contribution in [0.1, 0.15) is 52.9 Å². The molecule has 0 spiro atoms. The van der Waals surface area contributed by atoms with Crippen LogP contribution in [0.4, 0.5) is 0 Å². The lowest BCUT2D eigenvalue weighted by atomic mass is 9.87. The lowest BCUT2D eigenvalue weighted by Crippen LogP contribution is -2.28. The number of ether oxygens (including phenoxy) is 2. The van der Waals surface area contributed by atoms with Crippen LogP contribution in [0.25, 0.3) is 0 Å². The SMILES string of the molecule is C=CCCC1CC(OCCCC)OC1(C)C. The molecular formula is C14H26O2. The zero-order chi connectivity index (χ0) is 12.0. The Bertz CT molecular complexity index is 211. The summed E-state index contributed by atoms with van der Waals surface area (Å²) in [5.74, 6) is 0.595. The highest BCUT2D eigenvalue weighted by atomic mass is 16.7. The lowest BCUT2D eigenvalue weighted by Gasteiger charge is -2.25. The summed E-state index contributed by atoms with van der Waals surface area (Å²) < 4.78 is 11.7. The standard InChI is InChI=1S/C14H26O2/c1-5-7-9-12-11-13(15-10-8-6-2)16-14(12,3)4/h5,12-13H,1,6-11H2,2-4H3. The Morgan fingerprint density at radius 1 is 1.50 bits per heavy atom. The quantitative estimate of drug-likeness (QED) is 0.484. The summed E-state index contributed by atoms with van der Waals surface area (Å²) in [4.78, 5) is 0. The molecule has 0 bridgehead atoms. The fourth-order valence-corrected chi connectivity index (χ4v) is 2.24. The molecule has 0 aromatic carbocycles. The molecule has 1 saturated heterocycles. The van der Waals surface area contributed by atoms with Crippen molar-refractivity contribution in [3.8, 4) is 0 Å². The summed E-state index contributed by atoms with van der Waals surface area (Å²) in [6.07, 6.45) is 7.55. The lowest BCUT2D eigenvalue weighted by molar-refractivity contribution is -0.161. The van der Waals surface area contributed by atoms with Gasteiger partial charge in [-0.1, -0.05) is 19.4 Å². The largest absolute Gasteiger partial charge is 0.353 e. The number of rotatable bonds is 7. The summed E-state index contributed by atoms with van der Waals surface area (Å²) in [5.41, 5.74) is -0.0418. The predicted molar refractivity (Wildman–Crippen MR) is 67.4 cm³/mol. The van der Waals surface area contributed by atoms with Gasteiger partial charge in [0.05, 0.1) is 5.60 Å². The van der Waals surface area contributed by atoms with Crippen LogP contribution in [0, 0.1) is 5.92 Å². The smallest absolute Gasteiger partial charge is 0.158 e. The molecule has 1 aliphatic rings. The highest BCUT2D eigenvalue weighted by Gasteiger charge is 2.41. The zero-order valence-corrected chi connectivity index (χ0v) is 11.0. The molecule has 2 nitrogen and oxygen atoms in total. The van der Waals surface area contributed by atoms with Crippen molar-refractivity contribution >= 4 is 0 Å². The third kappa shape index (κ3) is 3.91. The Labute approximate surface area is 100 Å². The molecule has 16 heavy (non-hydrogen) atoms. The minimum absolute atomic E-state index is 0.0105. The minimum Gasteiger partial charge on any atom is -0.353 e. The molecule has 0 N–H and O–H groups in total. The van der Waals surface area contributed by atoms with Crippen molar-refractivity contribution in [2.24, 2.45) is 5.92 Å². The molecule has 2 atom stereocenters. The van der Waals surface area contributed by atoms with Crippen molar-refractivity contribution in [2.75, 3.05) is 6.61 Å². The molecule has 1 fully saturated rings. The van der Waals surface area contributed by atoms with Crippen molar-refractivity contribution in [1.82, 2.24) is 0 Å². The van der Waals surface area contributed by atoms with Gasteiger partial charge >= 0.3 is 0 Å². The maximum absolute atomic E-state index is 5.95. The van der Waals surface area contributed by atoms with E-state index in [4.69, 9.17) is 9.47 Å². The van der Waals surface area contributed by atoms with E-state index in [1.807, 2.05) is 6.08 Å². The molecule has 0 aromatic heterocycles. The number of unbranched alkanes of at least 4 members (excludes halogenated alkanes) is 1. The van der Waals surface area contributed by atoms with Gasteiger partial charge in [0, 0.05) is 13.0 Å². The first-order chi connectivity index (χ1) is 7.60. The van der Waals surface area contributed by atoms with Gasteiger partial charge in [-0.2, -0.15) is 0 Å². The molecule has 1 aliphatic heterocycles. The summed E-state index contributed by atoms with van der Waals surface area (Å²) in [6, 6.07) is 0. The Hall–Kier alpha value is -0.340. The molecule has 0 saturated carbocycles. The number of allylic oxidation sites excluding steroid dienone is 1. The first-order valence-corrected chi connectivity index (χ1v) is 6.50. The van der Waals surface area contributed by atoms with E-state index in [9.17, 15) is 0 Å². The van der Waals surface area contributed by atoms with Gasteiger partial charge in [-0.25, -0.2) is 0 Å². The van der Waals surface area contributed by atoms with E-state index >= 15 is 0 Å². The van der Waals surface area contributed by atoms with E-state index in [-0.39, 0.29) is 11.9 Å². The number of hydrogen-bond acceptors (Lipinski definition) is 2. The molecule has 0 aliphatic carbocycles. The first kappa shape index (κ1) is 13.7. The van der Waals surface area contributed by atoms with Gasteiger partial charge in [0.15, 0.2) is 6.29 Å². The topological polar surface area (TPSA) is 18.5 Å². The Morgan fingerprint density at radius 3 is 2.88 bits per heavy atom. The second-order valence-corrected chi connectivity index (χ2v) is 5.17. The van der Waals surface area contributed by atoms with E-state index in [1.165, 1.54) is 6.42 Å². The Balaban J connectivity index is 2.34.